The number of pyridine rings is 1. The summed E-state index contributed by atoms with van der Waals surface area (Å²) in [6, 6.07) is 6.49. The number of nitrogens with one attached hydrogen (secondary N) is 1. The highest BCUT2D eigenvalue weighted by atomic mass is 15.2. The van der Waals surface area contributed by atoms with Crippen LogP contribution in [0, 0.1) is 13.8 Å². The van der Waals surface area contributed by atoms with Crippen molar-refractivity contribution in [3.8, 4) is 0 Å². The lowest BCUT2D eigenvalue weighted by atomic mass is 10.0. The van der Waals surface area contributed by atoms with E-state index in [0.29, 0.717) is 0 Å². The summed E-state index contributed by atoms with van der Waals surface area (Å²) in [6.45, 7) is 6.39. The smallest absolute Gasteiger partial charge is 0.143 e. The molecule has 1 aromatic carbocycles. The molecular weight excluding hydrogens is 210 g/mol. The fourth-order valence-corrected chi connectivity index (χ4v) is 2.07. The summed E-state index contributed by atoms with van der Waals surface area (Å²) in [7, 11) is 0. The average Bonchev–Trinajstić information content (AvgIpc) is 2.31. The number of nitrogens with zero attached hydrogens (tertiary/aromatic N) is 1. The number of hydrazine groups is 1. The monoisotopic (exact) mass is 229 g/mol. The highest BCUT2D eigenvalue weighted by molar-refractivity contribution is 5.83. The Bertz CT molecular complexity index is 547. The van der Waals surface area contributed by atoms with Crippen molar-refractivity contribution in [1.82, 2.24) is 4.98 Å². The van der Waals surface area contributed by atoms with Crippen LogP contribution in [-0.2, 0) is 6.42 Å². The number of benzene rings is 1. The van der Waals surface area contributed by atoms with E-state index in [0.717, 1.165) is 24.2 Å². The number of fused-ring (bicyclic) bond motifs is 1. The molecule has 1 heterocycles. The molecule has 0 spiro atoms. The summed E-state index contributed by atoms with van der Waals surface area (Å²) < 4.78 is 0. The van der Waals surface area contributed by atoms with Crippen molar-refractivity contribution in [2.45, 2.75) is 33.6 Å². The molecule has 0 radical (unpaired) electrons. The van der Waals surface area contributed by atoms with Crippen LogP contribution < -0.4 is 11.3 Å². The molecule has 0 atom stereocenters. The molecule has 0 saturated carbocycles. The maximum atomic E-state index is 5.53. The van der Waals surface area contributed by atoms with Crippen molar-refractivity contribution < 1.29 is 0 Å². The van der Waals surface area contributed by atoms with Crippen LogP contribution in [0.5, 0.6) is 0 Å². The lowest BCUT2D eigenvalue weighted by Gasteiger charge is -2.10. The van der Waals surface area contributed by atoms with E-state index in [-0.39, 0.29) is 0 Å². The zero-order valence-electron chi connectivity index (χ0n) is 10.7. The van der Waals surface area contributed by atoms with Gasteiger partial charge in [-0.3, -0.25) is 0 Å². The molecule has 2 aromatic rings. The highest BCUT2D eigenvalue weighted by Crippen LogP contribution is 2.23. The van der Waals surface area contributed by atoms with E-state index in [1.165, 1.54) is 22.1 Å². The molecule has 0 aliphatic carbocycles. The third-order valence-electron chi connectivity index (χ3n) is 3.17. The molecule has 3 nitrogen and oxygen atoms in total. The number of hydrogen-bond acceptors (Lipinski definition) is 3. The normalized spacial score (nSPS) is 10.8. The third kappa shape index (κ3) is 2.24. The predicted octanol–water partition coefficient (Wildman–Crippen LogP) is 3.09. The first kappa shape index (κ1) is 11.9. The Labute approximate surface area is 102 Å². The molecule has 0 amide bonds. The van der Waals surface area contributed by atoms with E-state index in [1.54, 1.807) is 0 Å². The van der Waals surface area contributed by atoms with Crippen LogP contribution >= 0.6 is 0 Å². The minimum absolute atomic E-state index is 0.794. The van der Waals surface area contributed by atoms with Gasteiger partial charge in [0.15, 0.2) is 0 Å². The van der Waals surface area contributed by atoms with E-state index < -0.39 is 0 Å². The van der Waals surface area contributed by atoms with Gasteiger partial charge in [0, 0.05) is 5.39 Å². The maximum absolute atomic E-state index is 5.53. The molecule has 90 valence electrons. The number of nitrogen functional groups attached to an aromatic ring is 1. The Balaban J connectivity index is 2.65. The van der Waals surface area contributed by atoms with Gasteiger partial charge in [-0.25, -0.2) is 10.8 Å². The van der Waals surface area contributed by atoms with Crippen molar-refractivity contribution >= 4 is 16.7 Å². The Morgan fingerprint density at radius 2 is 1.88 bits per heavy atom. The number of hydrogen-bond donors (Lipinski definition) is 2. The summed E-state index contributed by atoms with van der Waals surface area (Å²) in [5.74, 6) is 6.32. The van der Waals surface area contributed by atoms with Gasteiger partial charge in [0.25, 0.3) is 0 Å². The van der Waals surface area contributed by atoms with Gasteiger partial charge < -0.3 is 5.43 Å². The second-order valence-electron chi connectivity index (χ2n) is 4.52. The number of rotatable bonds is 3. The lowest BCUT2D eigenvalue weighted by molar-refractivity contribution is 0.917. The lowest BCUT2D eigenvalue weighted by Crippen LogP contribution is -2.11. The summed E-state index contributed by atoms with van der Waals surface area (Å²) in [5, 5.41) is 1.19. The fourth-order valence-electron chi connectivity index (χ4n) is 2.07. The van der Waals surface area contributed by atoms with Crippen molar-refractivity contribution in [1.29, 1.82) is 0 Å². The van der Waals surface area contributed by atoms with Crippen molar-refractivity contribution in [2.24, 2.45) is 5.84 Å². The van der Waals surface area contributed by atoms with E-state index in [9.17, 15) is 0 Å². The van der Waals surface area contributed by atoms with Crippen molar-refractivity contribution in [3.63, 3.8) is 0 Å². The number of aryl methyl sites for hydroxylation is 3. The Morgan fingerprint density at radius 3 is 2.53 bits per heavy atom. The zero-order valence-corrected chi connectivity index (χ0v) is 10.7. The second-order valence-corrected chi connectivity index (χ2v) is 4.52. The molecular formula is C14H19N3. The van der Waals surface area contributed by atoms with Gasteiger partial charge in [0.2, 0.25) is 0 Å². The first-order chi connectivity index (χ1) is 8.15. The van der Waals surface area contributed by atoms with E-state index in [2.05, 4.69) is 49.4 Å². The number of aromatic nitrogens is 1. The zero-order chi connectivity index (χ0) is 12.4. The number of anilines is 1. The van der Waals surface area contributed by atoms with E-state index >= 15 is 0 Å². The molecule has 0 aliphatic rings. The molecule has 3 heteroatoms. The summed E-state index contributed by atoms with van der Waals surface area (Å²) in [5.41, 5.74) is 7.44. The Hall–Kier alpha value is -1.61. The van der Waals surface area contributed by atoms with E-state index in [1.807, 2.05) is 0 Å². The minimum Gasteiger partial charge on any atom is -0.308 e. The van der Waals surface area contributed by atoms with Crippen LogP contribution in [0.4, 0.5) is 5.82 Å². The molecule has 1 aromatic heterocycles. The maximum Gasteiger partial charge on any atom is 0.143 e. The van der Waals surface area contributed by atoms with Crippen molar-refractivity contribution in [3.05, 3.63) is 34.9 Å². The van der Waals surface area contributed by atoms with Crippen LogP contribution in [0.1, 0.15) is 30.0 Å². The fraction of sp³-hybridized carbons (Fsp3) is 0.357. The average molecular weight is 229 g/mol. The summed E-state index contributed by atoms with van der Waals surface area (Å²) >= 11 is 0. The molecule has 0 bridgehead atoms. The SMILES string of the molecule is CCCc1cc2cc(C)c(C)cc2nc1NN. The second kappa shape index (κ2) is 4.72. The van der Waals surface area contributed by atoms with Gasteiger partial charge in [-0.05, 0) is 55.2 Å². The van der Waals surface area contributed by atoms with Gasteiger partial charge in [0.1, 0.15) is 5.82 Å². The Kier molecular flexibility index (Phi) is 3.29. The van der Waals surface area contributed by atoms with Gasteiger partial charge >= 0.3 is 0 Å². The van der Waals surface area contributed by atoms with Crippen LogP contribution in [0.3, 0.4) is 0 Å². The molecule has 0 aliphatic heterocycles. The van der Waals surface area contributed by atoms with Crippen LogP contribution in [0.2, 0.25) is 0 Å². The number of nitrogens with two attached hydrogens (primary N) is 1. The minimum atomic E-state index is 0.794. The predicted molar refractivity (Wildman–Crippen MR) is 73.0 cm³/mol. The van der Waals surface area contributed by atoms with Crippen LogP contribution in [0.25, 0.3) is 10.9 Å². The largest absolute Gasteiger partial charge is 0.308 e. The quantitative estimate of drug-likeness (QED) is 0.628. The molecule has 3 N–H and O–H groups in total. The van der Waals surface area contributed by atoms with Gasteiger partial charge in [-0.2, -0.15) is 0 Å². The Morgan fingerprint density at radius 1 is 1.18 bits per heavy atom. The molecule has 0 fully saturated rings. The van der Waals surface area contributed by atoms with Crippen LogP contribution in [0.15, 0.2) is 18.2 Å². The van der Waals surface area contributed by atoms with Gasteiger partial charge in [0.05, 0.1) is 5.52 Å². The summed E-state index contributed by atoms with van der Waals surface area (Å²) in [6.07, 6.45) is 2.09. The first-order valence-electron chi connectivity index (χ1n) is 6.03. The van der Waals surface area contributed by atoms with Crippen molar-refractivity contribution in [2.75, 3.05) is 5.43 Å². The first-order valence-corrected chi connectivity index (χ1v) is 6.03. The molecule has 0 saturated heterocycles. The standard InChI is InChI=1S/C14H19N3/c1-4-5-11-8-12-6-9(2)10(3)7-13(12)16-14(11)17-15/h6-8H,4-5,15H2,1-3H3,(H,16,17). The molecule has 17 heavy (non-hydrogen) atoms. The third-order valence-corrected chi connectivity index (χ3v) is 3.17. The van der Waals surface area contributed by atoms with Crippen LogP contribution in [-0.4, -0.2) is 4.98 Å². The summed E-state index contributed by atoms with van der Waals surface area (Å²) in [4.78, 5) is 4.58. The molecule has 2 rings (SSSR count). The van der Waals surface area contributed by atoms with Gasteiger partial charge in [-0.15, -0.1) is 0 Å². The topological polar surface area (TPSA) is 50.9 Å². The highest BCUT2D eigenvalue weighted by Gasteiger charge is 2.06. The molecule has 0 unspecified atom stereocenters. The van der Waals surface area contributed by atoms with Gasteiger partial charge in [-0.1, -0.05) is 13.3 Å². The van der Waals surface area contributed by atoms with E-state index in [4.69, 9.17) is 5.84 Å².